The maximum atomic E-state index is 11.2. The summed E-state index contributed by atoms with van der Waals surface area (Å²) in [6.07, 6.45) is 1.52. The molecule has 4 N–H and O–H groups in total. The Morgan fingerprint density at radius 2 is 2.46 bits per heavy atom. The molecule has 0 saturated heterocycles. The molecule has 0 spiro atoms. The normalized spacial score (nSPS) is 11.2. The average molecular weight is 183 g/mol. The first kappa shape index (κ1) is 8.02. The molecule has 7 nitrogen and oxygen atoms in total. The molecule has 7 heteroatoms. The van der Waals surface area contributed by atoms with Crippen LogP contribution in [0.3, 0.4) is 0 Å². The monoisotopic (exact) mass is 183 g/mol. The molecule has 70 valence electrons. The zero-order valence-corrected chi connectivity index (χ0v) is 6.78. The summed E-state index contributed by atoms with van der Waals surface area (Å²) in [4.78, 5) is 15.1. The van der Waals surface area contributed by atoms with Gasteiger partial charge in [0.2, 0.25) is 0 Å². The van der Waals surface area contributed by atoms with Crippen molar-refractivity contribution in [2.45, 2.75) is 6.73 Å². The Morgan fingerprint density at radius 3 is 3.23 bits per heavy atom. The molecule has 0 bridgehead atoms. The molecule has 0 radical (unpaired) electrons. The molecule has 0 aliphatic rings. The highest BCUT2D eigenvalue weighted by Gasteiger charge is 2.07. The van der Waals surface area contributed by atoms with Gasteiger partial charge in [0.1, 0.15) is 6.73 Å². The lowest BCUT2D eigenvalue weighted by molar-refractivity contribution is 0.0848. The van der Waals surface area contributed by atoms with Gasteiger partial charge < -0.3 is 15.0 Å². The van der Waals surface area contributed by atoms with Crippen molar-refractivity contribution in [1.29, 1.82) is 0 Å². The summed E-state index contributed by atoms with van der Waals surface area (Å²) in [6.45, 7) is 0.343. The molecule has 0 atom stereocenters. The molecule has 0 saturated carbocycles. The van der Waals surface area contributed by atoms with E-state index >= 15 is 0 Å². The number of ether oxygens (including phenoxy) is 1. The van der Waals surface area contributed by atoms with Crippen LogP contribution in [0, 0.1) is 0 Å². The highest BCUT2D eigenvalue weighted by Crippen LogP contribution is 2.03. The molecular formula is C6H9N5O2. The minimum Gasteiger partial charge on any atom is -0.346 e. The van der Waals surface area contributed by atoms with Crippen molar-refractivity contribution in [3.05, 3.63) is 16.7 Å². The van der Waals surface area contributed by atoms with Gasteiger partial charge in [-0.1, -0.05) is 0 Å². The van der Waals surface area contributed by atoms with Crippen LogP contribution in [-0.4, -0.2) is 26.5 Å². The molecule has 0 fully saturated rings. The number of aromatic amines is 2. The van der Waals surface area contributed by atoms with Gasteiger partial charge in [-0.25, -0.2) is 4.98 Å². The van der Waals surface area contributed by atoms with Gasteiger partial charge in [-0.05, 0) is 0 Å². The number of fused-ring (bicyclic) bond motifs is 1. The molecule has 2 aromatic rings. The van der Waals surface area contributed by atoms with Crippen molar-refractivity contribution in [3.63, 3.8) is 0 Å². The van der Waals surface area contributed by atoms with Gasteiger partial charge in [0, 0.05) is 0 Å². The molecule has 2 rings (SSSR count). The molecular weight excluding hydrogens is 174 g/mol. The Morgan fingerprint density at radius 1 is 1.62 bits per heavy atom. The molecule has 2 aromatic heterocycles. The van der Waals surface area contributed by atoms with E-state index in [-0.39, 0.29) is 19.0 Å². The van der Waals surface area contributed by atoms with Crippen LogP contribution in [0.25, 0.3) is 11.2 Å². The summed E-state index contributed by atoms with van der Waals surface area (Å²) in [5.74, 6) is 0. The van der Waals surface area contributed by atoms with E-state index in [9.17, 15) is 4.79 Å². The van der Waals surface area contributed by atoms with E-state index in [1.54, 1.807) is 4.57 Å². The van der Waals surface area contributed by atoms with Crippen LogP contribution in [0.4, 0.5) is 0 Å². The zero-order chi connectivity index (χ0) is 9.26. The maximum absolute atomic E-state index is 11.2. The van der Waals surface area contributed by atoms with Crippen LogP contribution in [0.2, 0.25) is 0 Å². The first-order valence-electron chi connectivity index (χ1n) is 3.72. The number of nitrogens with two attached hydrogens (primary N) is 1. The Labute approximate surface area is 72.5 Å². The standard InChI is InChI=1S/C6H9N5O2/c7-1-13-3-11-2-8-5-4(11)6(12)10-9-5/h2H,1,3,7H2,(H2,9,10,12). The van der Waals surface area contributed by atoms with Crippen LogP contribution in [0.5, 0.6) is 0 Å². The number of H-pyrrole nitrogens is 2. The fraction of sp³-hybridized carbons (Fsp3) is 0.333. The number of nitrogens with one attached hydrogen (secondary N) is 2. The summed E-state index contributed by atoms with van der Waals surface area (Å²) in [5, 5.41) is 5.05. The van der Waals surface area contributed by atoms with Gasteiger partial charge in [0.25, 0.3) is 5.56 Å². The molecule has 0 amide bonds. The summed E-state index contributed by atoms with van der Waals surface area (Å²) in [6, 6.07) is 0. The number of hydrogen-bond donors (Lipinski definition) is 3. The van der Waals surface area contributed by atoms with Gasteiger partial charge in [0.05, 0.1) is 13.1 Å². The molecule has 0 aliphatic heterocycles. The minimum absolute atomic E-state index is 0.113. The fourth-order valence-electron chi connectivity index (χ4n) is 1.14. The first-order valence-corrected chi connectivity index (χ1v) is 3.72. The van der Waals surface area contributed by atoms with Crippen molar-refractivity contribution < 1.29 is 4.74 Å². The van der Waals surface area contributed by atoms with Crippen LogP contribution in [0.1, 0.15) is 0 Å². The second-order valence-corrected chi connectivity index (χ2v) is 2.49. The van der Waals surface area contributed by atoms with E-state index in [2.05, 4.69) is 15.2 Å². The van der Waals surface area contributed by atoms with Crippen molar-refractivity contribution in [2.24, 2.45) is 5.73 Å². The fourth-order valence-corrected chi connectivity index (χ4v) is 1.14. The van der Waals surface area contributed by atoms with Crippen molar-refractivity contribution in [2.75, 3.05) is 6.73 Å². The Hall–Kier alpha value is -1.60. The third-order valence-electron chi connectivity index (χ3n) is 1.70. The van der Waals surface area contributed by atoms with Crippen LogP contribution in [0.15, 0.2) is 11.1 Å². The van der Waals surface area contributed by atoms with Crippen LogP contribution >= 0.6 is 0 Å². The van der Waals surface area contributed by atoms with Gasteiger partial charge in [0.15, 0.2) is 11.2 Å². The van der Waals surface area contributed by atoms with Crippen molar-refractivity contribution in [1.82, 2.24) is 19.7 Å². The van der Waals surface area contributed by atoms with Gasteiger partial charge >= 0.3 is 0 Å². The van der Waals surface area contributed by atoms with Gasteiger partial charge in [-0.2, -0.15) is 0 Å². The van der Waals surface area contributed by atoms with E-state index in [0.29, 0.717) is 11.2 Å². The molecule has 13 heavy (non-hydrogen) atoms. The lowest BCUT2D eigenvalue weighted by atomic mass is 10.6. The molecule has 0 aromatic carbocycles. The number of nitrogens with zero attached hydrogens (tertiary/aromatic N) is 2. The molecule has 2 heterocycles. The number of hydrogen-bond acceptors (Lipinski definition) is 4. The highest BCUT2D eigenvalue weighted by molar-refractivity contribution is 5.69. The second-order valence-electron chi connectivity index (χ2n) is 2.49. The SMILES string of the molecule is NCOCn1cnc2[nH][nH]c(=O)c21. The Bertz CT molecular complexity index is 453. The zero-order valence-electron chi connectivity index (χ0n) is 6.78. The minimum atomic E-state index is -0.215. The number of aromatic nitrogens is 4. The topological polar surface area (TPSA) is 102 Å². The van der Waals surface area contributed by atoms with E-state index in [4.69, 9.17) is 10.5 Å². The van der Waals surface area contributed by atoms with E-state index < -0.39 is 0 Å². The average Bonchev–Trinajstić information content (AvgIpc) is 2.67. The Balaban J connectivity index is 2.44. The predicted octanol–water partition coefficient (Wildman–Crippen LogP) is -1.06. The second kappa shape index (κ2) is 3.04. The summed E-state index contributed by atoms with van der Waals surface area (Å²) < 4.78 is 6.53. The Kier molecular flexibility index (Phi) is 1.87. The van der Waals surface area contributed by atoms with Crippen LogP contribution in [-0.2, 0) is 11.5 Å². The summed E-state index contributed by atoms with van der Waals surface area (Å²) in [5.41, 5.74) is 5.92. The largest absolute Gasteiger partial charge is 0.346 e. The molecule has 0 aliphatic carbocycles. The lowest BCUT2D eigenvalue weighted by Gasteiger charge is -2.00. The highest BCUT2D eigenvalue weighted by atomic mass is 16.5. The summed E-state index contributed by atoms with van der Waals surface area (Å²) >= 11 is 0. The van der Waals surface area contributed by atoms with E-state index in [1.807, 2.05) is 0 Å². The number of imidazole rings is 1. The predicted molar refractivity (Wildman–Crippen MR) is 44.8 cm³/mol. The first-order chi connectivity index (χ1) is 6.33. The summed E-state index contributed by atoms with van der Waals surface area (Å²) in [7, 11) is 0. The van der Waals surface area contributed by atoms with E-state index in [1.165, 1.54) is 6.33 Å². The van der Waals surface area contributed by atoms with Crippen molar-refractivity contribution >= 4 is 11.2 Å². The van der Waals surface area contributed by atoms with Crippen LogP contribution < -0.4 is 11.3 Å². The van der Waals surface area contributed by atoms with E-state index in [0.717, 1.165) is 0 Å². The van der Waals surface area contributed by atoms with Gasteiger partial charge in [-0.3, -0.25) is 15.0 Å². The number of rotatable bonds is 3. The third kappa shape index (κ3) is 1.23. The smallest absolute Gasteiger partial charge is 0.290 e. The quantitative estimate of drug-likeness (QED) is 0.528. The van der Waals surface area contributed by atoms with Gasteiger partial charge in [-0.15, -0.1) is 0 Å². The third-order valence-corrected chi connectivity index (χ3v) is 1.70. The maximum Gasteiger partial charge on any atom is 0.290 e. The molecule has 0 unspecified atom stereocenters. The van der Waals surface area contributed by atoms with Crippen molar-refractivity contribution in [3.8, 4) is 0 Å². The lowest BCUT2D eigenvalue weighted by Crippen LogP contribution is -2.11.